The maximum atomic E-state index is 12.9. The fourth-order valence-corrected chi connectivity index (χ4v) is 4.53. The van der Waals surface area contributed by atoms with Gasteiger partial charge in [0, 0.05) is 43.5 Å². The zero-order valence-electron chi connectivity index (χ0n) is 20.5. The SMILES string of the molecule is CN(CCOc1cccc(CNC(=O)c2ccc3noc(-c4ccccc4)c3c2)c1)C1CCOCC1. The molecule has 1 fully saturated rings. The molecule has 186 valence electrons. The average Bonchev–Trinajstić information content (AvgIpc) is 3.36. The molecule has 4 aromatic rings. The molecule has 3 aromatic carbocycles. The van der Waals surface area contributed by atoms with Crippen molar-refractivity contribution in [3.05, 3.63) is 83.9 Å². The summed E-state index contributed by atoms with van der Waals surface area (Å²) in [4.78, 5) is 15.3. The van der Waals surface area contributed by atoms with Gasteiger partial charge in [0.15, 0.2) is 5.76 Å². The molecule has 0 atom stereocenters. The Kier molecular flexibility index (Phi) is 7.59. The maximum Gasteiger partial charge on any atom is 0.251 e. The van der Waals surface area contributed by atoms with Crippen LogP contribution in [-0.2, 0) is 11.3 Å². The van der Waals surface area contributed by atoms with Gasteiger partial charge in [0.05, 0.1) is 5.39 Å². The van der Waals surface area contributed by atoms with E-state index in [1.165, 1.54) is 0 Å². The minimum absolute atomic E-state index is 0.151. The number of rotatable bonds is 9. The summed E-state index contributed by atoms with van der Waals surface area (Å²) in [6, 6.07) is 23.6. The Morgan fingerprint density at radius 2 is 1.89 bits per heavy atom. The normalized spacial score (nSPS) is 14.3. The number of nitrogens with one attached hydrogen (secondary N) is 1. The molecule has 36 heavy (non-hydrogen) atoms. The third-order valence-electron chi connectivity index (χ3n) is 6.65. The zero-order valence-corrected chi connectivity index (χ0v) is 20.5. The highest BCUT2D eigenvalue weighted by molar-refractivity contribution is 6.00. The number of hydrogen-bond donors (Lipinski definition) is 1. The number of fused-ring (bicyclic) bond motifs is 1. The van der Waals surface area contributed by atoms with Gasteiger partial charge in [-0.2, -0.15) is 0 Å². The quantitative estimate of drug-likeness (QED) is 0.363. The lowest BCUT2D eigenvalue weighted by Gasteiger charge is -2.31. The minimum Gasteiger partial charge on any atom is -0.492 e. The molecule has 1 aliphatic rings. The van der Waals surface area contributed by atoms with E-state index in [2.05, 4.69) is 22.4 Å². The molecule has 5 rings (SSSR count). The Morgan fingerprint density at radius 3 is 2.72 bits per heavy atom. The summed E-state index contributed by atoms with van der Waals surface area (Å²) in [5, 5.41) is 7.96. The maximum absolute atomic E-state index is 12.9. The first kappa shape index (κ1) is 24.0. The highest BCUT2D eigenvalue weighted by Crippen LogP contribution is 2.29. The number of benzene rings is 3. The molecule has 0 spiro atoms. The van der Waals surface area contributed by atoms with Crippen LogP contribution in [0.15, 0.2) is 77.3 Å². The summed E-state index contributed by atoms with van der Waals surface area (Å²) in [5.41, 5.74) is 3.19. The van der Waals surface area contributed by atoms with Crippen LogP contribution in [0.4, 0.5) is 0 Å². The van der Waals surface area contributed by atoms with Crippen LogP contribution in [0.3, 0.4) is 0 Å². The molecular formula is C29H31N3O4. The second-order valence-electron chi connectivity index (χ2n) is 9.11. The molecule has 1 aromatic heterocycles. The lowest BCUT2D eigenvalue weighted by molar-refractivity contribution is 0.0392. The Bertz CT molecular complexity index is 1300. The third-order valence-corrected chi connectivity index (χ3v) is 6.65. The molecule has 1 saturated heterocycles. The monoisotopic (exact) mass is 485 g/mol. The van der Waals surface area contributed by atoms with Crippen LogP contribution in [0.25, 0.3) is 22.2 Å². The highest BCUT2D eigenvalue weighted by Gasteiger charge is 2.18. The van der Waals surface area contributed by atoms with E-state index in [1.54, 1.807) is 6.07 Å². The summed E-state index contributed by atoms with van der Waals surface area (Å²) in [7, 11) is 2.14. The molecule has 1 N–H and O–H groups in total. The Balaban J connectivity index is 1.17. The third kappa shape index (κ3) is 5.75. The van der Waals surface area contributed by atoms with Gasteiger partial charge in [-0.25, -0.2) is 0 Å². The van der Waals surface area contributed by atoms with Crippen molar-refractivity contribution in [1.82, 2.24) is 15.4 Å². The van der Waals surface area contributed by atoms with Gasteiger partial charge in [-0.15, -0.1) is 0 Å². The van der Waals surface area contributed by atoms with Crippen LogP contribution >= 0.6 is 0 Å². The largest absolute Gasteiger partial charge is 0.492 e. The van der Waals surface area contributed by atoms with Gasteiger partial charge in [0.25, 0.3) is 5.91 Å². The van der Waals surface area contributed by atoms with Crippen molar-refractivity contribution in [3.63, 3.8) is 0 Å². The number of ether oxygens (including phenoxy) is 2. The van der Waals surface area contributed by atoms with Crippen molar-refractivity contribution in [2.24, 2.45) is 0 Å². The molecule has 7 nitrogen and oxygen atoms in total. The number of amides is 1. The van der Waals surface area contributed by atoms with Crippen LogP contribution in [0.2, 0.25) is 0 Å². The van der Waals surface area contributed by atoms with Gasteiger partial charge in [-0.05, 0) is 55.8 Å². The minimum atomic E-state index is -0.151. The van der Waals surface area contributed by atoms with E-state index in [9.17, 15) is 4.79 Å². The van der Waals surface area contributed by atoms with Crippen LogP contribution in [-0.4, -0.2) is 55.4 Å². The molecular weight excluding hydrogens is 454 g/mol. The Labute approximate surface area is 211 Å². The second kappa shape index (κ2) is 11.4. The van der Waals surface area contributed by atoms with Crippen molar-refractivity contribution < 1.29 is 18.8 Å². The number of nitrogens with zero attached hydrogens (tertiary/aromatic N) is 2. The van der Waals surface area contributed by atoms with Gasteiger partial charge >= 0.3 is 0 Å². The summed E-state index contributed by atoms with van der Waals surface area (Å²) in [6.07, 6.45) is 2.15. The van der Waals surface area contributed by atoms with Gasteiger partial charge < -0.3 is 19.3 Å². The van der Waals surface area contributed by atoms with E-state index in [0.717, 1.165) is 60.4 Å². The molecule has 1 amide bonds. The molecule has 1 aliphatic heterocycles. The van der Waals surface area contributed by atoms with Gasteiger partial charge in [-0.1, -0.05) is 47.6 Å². The van der Waals surface area contributed by atoms with E-state index in [4.69, 9.17) is 14.0 Å². The fraction of sp³-hybridized carbons (Fsp3) is 0.310. The van der Waals surface area contributed by atoms with Crippen LogP contribution < -0.4 is 10.1 Å². The second-order valence-corrected chi connectivity index (χ2v) is 9.11. The number of aromatic nitrogens is 1. The Hall–Kier alpha value is -3.68. The molecule has 2 heterocycles. The molecule has 0 saturated carbocycles. The van der Waals surface area contributed by atoms with Crippen LogP contribution in [0, 0.1) is 0 Å². The number of likely N-dealkylation sites (N-methyl/N-ethyl adjacent to an activating group) is 1. The molecule has 0 unspecified atom stereocenters. The van der Waals surface area contributed by atoms with Gasteiger partial charge in [0.2, 0.25) is 0 Å². The molecule has 0 aliphatic carbocycles. The standard InChI is InChI=1S/C29H31N3O4/c1-32(24-12-15-34-16-13-24)14-17-35-25-9-5-6-21(18-25)20-30-29(33)23-10-11-27-26(19-23)28(36-31-27)22-7-3-2-4-8-22/h2-11,18-19,24H,12-17,20H2,1H3,(H,30,33). The van der Waals surface area contributed by atoms with Crippen molar-refractivity contribution >= 4 is 16.8 Å². The van der Waals surface area contributed by atoms with Crippen molar-refractivity contribution in [3.8, 4) is 17.1 Å². The average molecular weight is 486 g/mol. The van der Waals surface area contributed by atoms with Crippen molar-refractivity contribution in [1.29, 1.82) is 0 Å². The van der Waals surface area contributed by atoms with Gasteiger partial charge in [0.1, 0.15) is 17.9 Å². The summed E-state index contributed by atoms with van der Waals surface area (Å²) in [6.45, 7) is 3.56. The molecule has 0 radical (unpaired) electrons. The first-order chi connectivity index (χ1) is 17.7. The smallest absolute Gasteiger partial charge is 0.251 e. The fourth-order valence-electron chi connectivity index (χ4n) is 4.53. The summed E-state index contributed by atoms with van der Waals surface area (Å²) < 4.78 is 17.0. The first-order valence-corrected chi connectivity index (χ1v) is 12.4. The van der Waals surface area contributed by atoms with E-state index in [-0.39, 0.29) is 5.91 Å². The lowest BCUT2D eigenvalue weighted by atomic mass is 10.1. The van der Waals surface area contributed by atoms with Crippen molar-refractivity contribution in [2.75, 3.05) is 33.4 Å². The van der Waals surface area contributed by atoms with E-state index < -0.39 is 0 Å². The van der Waals surface area contributed by atoms with E-state index in [0.29, 0.717) is 30.5 Å². The first-order valence-electron chi connectivity index (χ1n) is 12.4. The van der Waals surface area contributed by atoms with Crippen LogP contribution in [0.1, 0.15) is 28.8 Å². The summed E-state index contributed by atoms with van der Waals surface area (Å²) >= 11 is 0. The summed E-state index contributed by atoms with van der Waals surface area (Å²) in [5.74, 6) is 1.31. The predicted molar refractivity (Wildman–Crippen MR) is 139 cm³/mol. The van der Waals surface area contributed by atoms with Gasteiger partial charge in [-0.3, -0.25) is 9.69 Å². The van der Waals surface area contributed by atoms with Crippen molar-refractivity contribution in [2.45, 2.75) is 25.4 Å². The van der Waals surface area contributed by atoms with E-state index >= 15 is 0 Å². The number of hydrogen-bond acceptors (Lipinski definition) is 6. The molecule has 0 bridgehead atoms. The lowest BCUT2D eigenvalue weighted by Crippen LogP contribution is -2.38. The molecule has 7 heteroatoms. The topological polar surface area (TPSA) is 76.8 Å². The Morgan fingerprint density at radius 1 is 1.06 bits per heavy atom. The highest BCUT2D eigenvalue weighted by atomic mass is 16.5. The van der Waals surface area contributed by atoms with E-state index in [1.807, 2.05) is 66.7 Å². The van der Waals surface area contributed by atoms with Crippen LogP contribution in [0.5, 0.6) is 5.75 Å². The number of carbonyl (C=O) groups excluding carboxylic acids is 1. The number of carbonyl (C=O) groups is 1. The zero-order chi connectivity index (χ0) is 24.7. The predicted octanol–water partition coefficient (Wildman–Crippen LogP) is 4.91.